The van der Waals surface area contributed by atoms with E-state index in [2.05, 4.69) is 35.6 Å². The molecule has 0 aliphatic heterocycles. The highest BCUT2D eigenvalue weighted by Gasteiger charge is 2.12. The second-order valence-corrected chi connectivity index (χ2v) is 5.23. The lowest BCUT2D eigenvalue weighted by molar-refractivity contribution is 0.295. The van der Waals surface area contributed by atoms with Gasteiger partial charge >= 0.3 is 0 Å². The van der Waals surface area contributed by atoms with Crippen molar-refractivity contribution in [2.75, 3.05) is 6.61 Å². The standard InChI is InChI=1S/C15H26N2OS/c1-4-7-9-10-12-18-15-14(16-19-17-15)13(6-3)11-8-5-2/h11H,4-10,12H2,1-3H3/b13-11+. The second-order valence-electron chi connectivity index (χ2n) is 4.70. The Labute approximate surface area is 121 Å². The van der Waals surface area contributed by atoms with Gasteiger partial charge in [-0.1, -0.05) is 52.5 Å². The lowest BCUT2D eigenvalue weighted by atomic mass is 10.1. The van der Waals surface area contributed by atoms with E-state index in [1.807, 2.05) is 0 Å². The van der Waals surface area contributed by atoms with E-state index in [9.17, 15) is 0 Å². The highest BCUT2D eigenvalue weighted by molar-refractivity contribution is 6.99. The first-order chi connectivity index (χ1) is 9.33. The predicted octanol–water partition coefficient (Wildman–Crippen LogP) is 5.09. The molecule has 1 heterocycles. The fourth-order valence-electron chi connectivity index (χ4n) is 1.90. The lowest BCUT2D eigenvalue weighted by Gasteiger charge is -2.06. The van der Waals surface area contributed by atoms with E-state index in [1.165, 1.54) is 36.6 Å². The summed E-state index contributed by atoms with van der Waals surface area (Å²) in [6, 6.07) is 0. The topological polar surface area (TPSA) is 35.0 Å². The molecule has 0 bridgehead atoms. The van der Waals surface area contributed by atoms with Gasteiger partial charge in [0.05, 0.1) is 18.3 Å². The highest BCUT2D eigenvalue weighted by atomic mass is 32.1. The summed E-state index contributed by atoms with van der Waals surface area (Å²) >= 11 is 1.25. The van der Waals surface area contributed by atoms with Crippen LogP contribution in [-0.2, 0) is 0 Å². The summed E-state index contributed by atoms with van der Waals surface area (Å²) in [6.45, 7) is 7.32. The van der Waals surface area contributed by atoms with Crippen LogP contribution in [0.1, 0.15) is 71.4 Å². The Hall–Kier alpha value is -0.900. The van der Waals surface area contributed by atoms with Gasteiger partial charge in [0.25, 0.3) is 5.88 Å². The highest BCUT2D eigenvalue weighted by Crippen LogP contribution is 2.27. The zero-order chi connectivity index (χ0) is 13.9. The second kappa shape index (κ2) is 9.96. The van der Waals surface area contributed by atoms with Crippen LogP contribution < -0.4 is 4.74 Å². The minimum absolute atomic E-state index is 0.728. The van der Waals surface area contributed by atoms with Crippen molar-refractivity contribution in [3.05, 3.63) is 11.8 Å². The molecule has 0 N–H and O–H groups in total. The van der Waals surface area contributed by atoms with Gasteiger partial charge in [0, 0.05) is 0 Å². The average Bonchev–Trinajstić information content (AvgIpc) is 2.88. The summed E-state index contributed by atoms with van der Waals surface area (Å²) in [7, 11) is 0. The molecular weight excluding hydrogens is 256 g/mol. The first-order valence-corrected chi connectivity index (χ1v) is 8.21. The molecule has 0 saturated heterocycles. The third-order valence-electron chi connectivity index (χ3n) is 3.06. The number of nitrogens with zero attached hydrogens (tertiary/aromatic N) is 2. The molecule has 0 unspecified atom stereocenters. The Bertz CT molecular complexity index is 374. The van der Waals surface area contributed by atoms with Crippen molar-refractivity contribution in [1.82, 2.24) is 8.75 Å². The van der Waals surface area contributed by atoms with E-state index in [0.717, 1.165) is 43.9 Å². The Kier molecular flexibility index (Phi) is 8.47. The predicted molar refractivity (Wildman–Crippen MR) is 82.7 cm³/mol. The Morgan fingerprint density at radius 3 is 2.63 bits per heavy atom. The molecule has 0 amide bonds. The molecule has 0 aromatic carbocycles. The van der Waals surface area contributed by atoms with Crippen molar-refractivity contribution in [2.45, 2.75) is 65.7 Å². The van der Waals surface area contributed by atoms with Gasteiger partial charge in [0.2, 0.25) is 0 Å². The third-order valence-corrected chi connectivity index (χ3v) is 3.57. The first kappa shape index (κ1) is 16.2. The normalized spacial score (nSPS) is 11.8. The fourth-order valence-corrected chi connectivity index (χ4v) is 2.43. The molecule has 3 nitrogen and oxygen atoms in total. The summed E-state index contributed by atoms with van der Waals surface area (Å²) in [5.41, 5.74) is 2.22. The molecule has 108 valence electrons. The SMILES string of the molecule is CCC/C=C(\CC)c1nsnc1OCCCCCC. The van der Waals surface area contributed by atoms with Crippen molar-refractivity contribution < 1.29 is 4.74 Å². The smallest absolute Gasteiger partial charge is 0.253 e. The number of allylic oxidation sites excluding steroid dienone is 2. The van der Waals surface area contributed by atoms with E-state index in [1.54, 1.807) is 0 Å². The molecule has 1 aromatic heterocycles. The molecular formula is C15H26N2OS. The maximum atomic E-state index is 5.78. The number of ether oxygens (including phenoxy) is 1. The monoisotopic (exact) mass is 282 g/mol. The fraction of sp³-hybridized carbons (Fsp3) is 0.733. The number of unbranched alkanes of at least 4 members (excludes halogenated alkanes) is 4. The van der Waals surface area contributed by atoms with Crippen molar-refractivity contribution in [3.63, 3.8) is 0 Å². The van der Waals surface area contributed by atoms with Crippen LogP contribution in [0, 0.1) is 0 Å². The van der Waals surface area contributed by atoms with Gasteiger partial charge in [0.15, 0.2) is 0 Å². The maximum absolute atomic E-state index is 5.78. The van der Waals surface area contributed by atoms with Gasteiger partial charge in [-0.3, -0.25) is 0 Å². The van der Waals surface area contributed by atoms with Gasteiger partial charge < -0.3 is 4.74 Å². The molecule has 1 rings (SSSR count). The molecule has 4 heteroatoms. The largest absolute Gasteiger partial charge is 0.475 e. The number of rotatable bonds is 10. The summed E-state index contributed by atoms with van der Waals surface area (Å²) < 4.78 is 14.5. The Morgan fingerprint density at radius 1 is 1.11 bits per heavy atom. The zero-order valence-corrected chi connectivity index (χ0v) is 13.3. The van der Waals surface area contributed by atoms with Gasteiger partial charge in [0.1, 0.15) is 5.69 Å². The van der Waals surface area contributed by atoms with Gasteiger partial charge in [-0.25, -0.2) is 0 Å². The van der Waals surface area contributed by atoms with Crippen LogP contribution in [-0.4, -0.2) is 15.4 Å². The first-order valence-electron chi connectivity index (χ1n) is 7.48. The van der Waals surface area contributed by atoms with E-state index in [4.69, 9.17) is 4.74 Å². The van der Waals surface area contributed by atoms with Crippen LogP contribution in [0.2, 0.25) is 0 Å². The van der Waals surface area contributed by atoms with Crippen LogP contribution in [0.4, 0.5) is 0 Å². The minimum Gasteiger partial charge on any atom is -0.475 e. The van der Waals surface area contributed by atoms with Crippen LogP contribution in [0.15, 0.2) is 6.08 Å². The Morgan fingerprint density at radius 2 is 1.95 bits per heavy atom. The quantitative estimate of drug-likeness (QED) is 0.561. The lowest BCUT2D eigenvalue weighted by Crippen LogP contribution is -2.00. The van der Waals surface area contributed by atoms with Gasteiger partial charge in [-0.15, -0.1) is 4.37 Å². The van der Waals surface area contributed by atoms with E-state index in [0.29, 0.717) is 0 Å². The van der Waals surface area contributed by atoms with Gasteiger partial charge in [-0.2, -0.15) is 4.37 Å². The zero-order valence-electron chi connectivity index (χ0n) is 12.4. The van der Waals surface area contributed by atoms with Gasteiger partial charge in [-0.05, 0) is 24.8 Å². The third kappa shape index (κ3) is 5.72. The molecule has 19 heavy (non-hydrogen) atoms. The molecule has 0 fully saturated rings. The molecule has 0 atom stereocenters. The summed E-state index contributed by atoms with van der Waals surface area (Å²) in [5, 5.41) is 0. The number of aromatic nitrogens is 2. The van der Waals surface area contributed by atoms with Crippen LogP contribution in [0.5, 0.6) is 5.88 Å². The van der Waals surface area contributed by atoms with Crippen LogP contribution in [0.25, 0.3) is 5.57 Å². The summed E-state index contributed by atoms with van der Waals surface area (Å²) in [4.78, 5) is 0. The van der Waals surface area contributed by atoms with Crippen molar-refractivity contribution >= 4 is 17.3 Å². The Balaban J connectivity index is 2.53. The molecule has 0 radical (unpaired) electrons. The van der Waals surface area contributed by atoms with E-state index in [-0.39, 0.29) is 0 Å². The molecule has 0 saturated carbocycles. The minimum atomic E-state index is 0.728. The van der Waals surface area contributed by atoms with Crippen molar-refractivity contribution in [3.8, 4) is 5.88 Å². The van der Waals surface area contributed by atoms with Crippen LogP contribution >= 0.6 is 11.7 Å². The summed E-state index contributed by atoms with van der Waals surface area (Å²) in [5.74, 6) is 0.728. The molecule has 0 aliphatic rings. The summed E-state index contributed by atoms with van der Waals surface area (Å²) in [6.07, 6.45) is 10.4. The average molecular weight is 282 g/mol. The number of hydrogen-bond donors (Lipinski definition) is 0. The van der Waals surface area contributed by atoms with E-state index < -0.39 is 0 Å². The number of hydrogen-bond acceptors (Lipinski definition) is 4. The molecule has 1 aromatic rings. The van der Waals surface area contributed by atoms with Crippen molar-refractivity contribution in [2.24, 2.45) is 0 Å². The van der Waals surface area contributed by atoms with Crippen LogP contribution in [0.3, 0.4) is 0 Å². The molecule has 0 aliphatic carbocycles. The van der Waals surface area contributed by atoms with Crippen molar-refractivity contribution in [1.29, 1.82) is 0 Å². The molecule has 0 spiro atoms. The van der Waals surface area contributed by atoms with E-state index >= 15 is 0 Å². The maximum Gasteiger partial charge on any atom is 0.253 e.